The Hall–Kier alpha value is -0.860. The summed E-state index contributed by atoms with van der Waals surface area (Å²) in [6.45, 7) is 6.62. The first kappa shape index (κ1) is 14.5. The Morgan fingerprint density at radius 3 is 2.42 bits per heavy atom. The van der Waals surface area contributed by atoms with E-state index in [9.17, 15) is 0 Å². The van der Waals surface area contributed by atoms with Crippen molar-refractivity contribution in [2.45, 2.75) is 51.6 Å². The largest absolute Gasteiger partial charge is 0.329 e. The van der Waals surface area contributed by atoms with Crippen LogP contribution < -0.4 is 5.73 Å². The van der Waals surface area contributed by atoms with Gasteiger partial charge in [0, 0.05) is 25.2 Å². The molecule has 1 aromatic rings. The van der Waals surface area contributed by atoms with Gasteiger partial charge in [0.25, 0.3) is 0 Å². The summed E-state index contributed by atoms with van der Waals surface area (Å²) in [5.41, 5.74) is 7.46. The van der Waals surface area contributed by atoms with Gasteiger partial charge in [-0.15, -0.1) is 0 Å². The van der Waals surface area contributed by atoms with Crippen molar-refractivity contribution >= 4 is 0 Å². The SMILES string of the molecule is CC(C)N(CC1CC1)C(CN)CCc1ccccc1. The molecule has 1 atom stereocenters. The van der Waals surface area contributed by atoms with Gasteiger partial charge in [-0.05, 0) is 51.0 Å². The van der Waals surface area contributed by atoms with Gasteiger partial charge < -0.3 is 5.73 Å². The van der Waals surface area contributed by atoms with E-state index in [0.29, 0.717) is 12.1 Å². The fourth-order valence-electron chi connectivity index (χ4n) is 2.78. The molecule has 1 fully saturated rings. The van der Waals surface area contributed by atoms with Crippen molar-refractivity contribution in [2.24, 2.45) is 11.7 Å². The third-order valence-electron chi connectivity index (χ3n) is 4.18. The molecule has 1 saturated carbocycles. The molecule has 2 rings (SSSR count). The van der Waals surface area contributed by atoms with Gasteiger partial charge in [0.1, 0.15) is 0 Å². The molecule has 1 aromatic carbocycles. The Kier molecular flexibility index (Phi) is 5.41. The summed E-state index contributed by atoms with van der Waals surface area (Å²) in [7, 11) is 0. The zero-order valence-electron chi connectivity index (χ0n) is 12.4. The monoisotopic (exact) mass is 260 g/mol. The van der Waals surface area contributed by atoms with Gasteiger partial charge in [-0.25, -0.2) is 0 Å². The van der Waals surface area contributed by atoms with Crippen molar-refractivity contribution in [3.63, 3.8) is 0 Å². The minimum atomic E-state index is 0.529. The van der Waals surface area contributed by atoms with Crippen LogP contribution in [0.4, 0.5) is 0 Å². The van der Waals surface area contributed by atoms with Crippen molar-refractivity contribution in [1.29, 1.82) is 0 Å². The average molecular weight is 260 g/mol. The van der Waals surface area contributed by atoms with E-state index in [1.54, 1.807) is 0 Å². The highest BCUT2D eigenvalue weighted by Gasteiger charge is 2.28. The zero-order chi connectivity index (χ0) is 13.7. The van der Waals surface area contributed by atoms with Crippen LogP contribution in [0.15, 0.2) is 30.3 Å². The second-order valence-corrected chi connectivity index (χ2v) is 6.15. The third kappa shape index (κ3) is 4.63. The normalized spacial score (nSPS) is 17.1. The Morgan fingerprint density at radius 1 is 1.21 bits per heavy atom. The Bertz CT molecular complexity index is 357. The Morgan fingerprint density at radius 2 is 1.89 bits per heavy atom. The highest BCUT2D eigenvalue weighted by molar-refractivity contribution is 5.14. The van der Waals surface area contributed by atoms with E-state index in [0.717, 1.165) is 18.9 Å². The number of nitrogens with zero attached hydrogens (tertiary/aromatic N) is 1. The predicted octanol–water partition coefficient (Wildman–Crippen LogP) is 3.07. The maximum absolute atomic E-state index is 6.03. The van der Waals surface area contributed by atoms with Gasteiger partial charge in [0.15, 0.2) is 0 Å². The first-order valence-electron chi connectivity index (χ1n) is 7.70. The van der Waals surface area contributed by atoms with Crippen LogP contribution in [0.1, 0.15) is 38.7 Å². The molecular formula is C17H28N2. The number of aryl methyl sites for hydroxylation is 1. The number of hydrogen-bond acceptors (Lipinski definition) is 2. The van der Waals surface area contributed by atoms with Crippen molar-refractivity contribution in [2.75, 3.05) is 13.1 Å². The van der Waals surface area contributed by atoms with Crippen molar-refractivity contribution in [3.8, 4) is 0 Å². The fraction of sp³-hybridized carbons (Fsp3) is 0.647. The molecule has 2 nitrogen and oxygen atoms in total. The lowest BCUT2D eigenvalue weighted by atomic mass is 10.0. The van der Waals surface area contributed by atoms with E-state index in [-0.39, 0.29) is 0 Å². The summed E-state index contributed by atoms with van der Waals surface area (Å²) in [6, 6.07) is 11.9. The fourth-order valence-corrected chi connectivity index (χ4v) is 2.78. The minimum Gasteiger partial charge on any atom is -0.329 e. The van der Waals surface area contributed by atoms with E-state index in [1.165, 1.54) is 31.4 Å². The van der Waals surface area contributed by atoms with Crippen LogP contribution in [-0.2, 0) is 6.42 Å². The summed E-state index contributed by atoms with van der Waals surface area (Å²) < 4.78 is 0. The summed E-state index contributed by atoms with van der Waals surface area (Å²) >= 11 is 0. The maximum Gasteiger partial charge on any atom is 0.0224 e. The lowest BCUT2D eigenvalue weighted by Crippen LogP contribution is -2.46. The number of nitrogens with two attached hydrogens (primary N) is 1. The average Bonchev–Trinajstić information content (AvgIpc) is 3.23. The first-order valence-corrected chi connectivity index (χ1v) is 7.70. The van der Waals surface area contributed by atoms with Crippen molar-refractivity contribution in [3.05, 3.63) is 35.9 Å². The summed E-state index contributed by atoms with van der Waals surface area (Å²) in [4.78, 5) is 2.63. The van der Waals surface area contributed by atoms with Crippen LogP contribution in [0, 0.1) is 5.92 Å². The first-order chi connectivity index (χ1) is 9.20. The van der Waals surface area contributed by atoms with Gasteiger partial charge in [-0.1, -0.05) is 30.3 Å². The van der Waals surface area contributed by atoms with Crippen LogP contribution in [-0.4, -0.2) is 30.1 Å². The van der Waals surface area contributed by atoms with E-state index in [4.69, 9.17) is 5.73 Å². The highest BCUT2D eigenvalue weighted by atomic mass is 15.2. The lowest BCUT2D eigenvalue weighted by molar-refractivity contribution is 0.142. The van der Waals surface area contributed by atoms with Crippen LogP contribution in [0.5, 0.6) is 0 Å². The van der Waals surface area contributed by atoms with E-state index >= 15 is 0 Å². The highest BCUT2D eigenvalue weighted by Crippen LogP contribution is 2.31. The van der Waals surface area contributed by atoms with E-state index in [1.807, 2.05) is 0 Å². The molecule has 0 bridgehead atoms. The molecular weight excluding hydrogens is 232 g/mol. The topological polar surface area (TPSA) is 29.3 Å². The lowest BCUT2D eigenvalue weighted by Gasteiger charge is -2.34. The molecule has 0 spiro atoms. The maximum atomic E-state index is 6.03. The Balaban J connectivity index is 1.89. The summed E-state index contributed by atoms with van der Waals surface area (Å²) in [5.74, 6) is 0.938. The van der Waals surface area contributed by atoms with Gasteiger partial charge in [-0.3, -0.25) is 4.90 Å². The van der Waals surface area contributed by atoms with Crippen LogP contribution in [0.25, 0.3) is 0 Å². The second-order valence-electron chi connectivity index (χ2n) is 6.15. The third-order valence-corrected chi connectivity index (χ3v) is 4.18. The van der Waals surface area contributed by atoms with Crippen LogP contribution >= 0.6 is 0 Å². The molecule has 0 aliphatic heterocycles. The molecule has 0 aromatic heterocycles. The predicted molar refractivity (Wildman–Crippen MR) is 82.2 cm³/mol. The molecule has 1 aliphatic rings. The standard InChI is InChI=1S/C17H28N2/c1-14(2)19(13-16-8-9-16)17(12-18)11-10-15-6-4-3-5-7-15/h3-7,14,16-17H,8-13,18H2,1-2H3. The molecule has 2 N–H and O–H groups in total. The number of hydrogen-bond donors (Lipinski definition) is 1. The Labute approximate surface area is 118 Å². The van der Waals surface area contributed by atoms with Crippen LogP contribution in [0.3, 0.4) is 0 Å². The van der Waals surface area contributed by atoms with Gasteiger partial charge in [-0.2, -0.15) is 0 Å². The van der Waals surface area contributed by atoms with Gasteiger partial charge in [0.05, 0.1) is 0 Å². The van der Waals surface area contributed by atoms with Crippen molar-refractivity contribution < 1.29 is 0 Å². The number of rotatable bonds is 8. The molecule has 2 heteroatoms. The molecule has 0 radical (unpaired) electrons. The molecule has 106 valence electrons. The molecule has 0 amide bonds. The van der Waals surface area contributed by atoms with Gasteiger partial charge in [0.2, 0.25) is 0 Å². The molecule has 0 saturated heterocycles. The molecule has 1 aliphatic carbocycles. The zero-order valence-corrected chi connectivity index (χ0v) is 12.4. The smallest absolute Gasteiger partial charge is 0.0224 e. The van der Waals surface area contributed by atoms with Crippen molar-refractivity contribution in [1.82, 2.24) is 4.90 Å². The summed E-state index contributed by atoms with van der Waals surface area (Å²) in [6.07, 6.45) is 5.14. The quantitative estimate of drug-likeness (QED) is 0.778. The van der Waals surface area contributed by atoms with E-state index in [2.05, 4.69) is 49.1 Å². The van der Waals surface area contributed by atoms with E-state index < -0.39 is 0 Å². The molecule has 0 heterocycles. The number of benzene rings is 1. The molecule has 19 heavy (non-hydrogen) atoms. The molecule has 1 unspecified atom stereocenters. The minimum absolute atomic E-state index is 0.529. The summed E-state index contributed by atoms with van der Waals surface area (Å²) in [5, 5.41) is 0. The second kappa shape index (κ2) is 7.06. The van der Waals surface area contributed by atoms with Gasteiger partial charge >= 0.3 is 0 Å². The van der Waals surface area contributed by atoms with Crippen LogP contribution in [0.2, 0.25) is 0 Å².